The van der Waals surface area contributed by atoms with Crippen molar-refractivity contribution in [2.45, 2.75) is 31.4 Å². The van der Waals surface area contributed by atoms with Gasteiger partial charge in [-0.1, -0.05) is 0 Å². The molecule has 0 bridgehead atoms. The molecule has 9 heteroatoms. The summed E-state index contributed by atoms with van der Waals surface area (Å²) >= 11 is 0. The third kappa shape index (κ3) is 4.28. The van der Waals surface area contributed by atoms with E-state index in [9.17, 15) is 18.0 Å². The van der Waals surface area contributed by atoms with Crippen LogP contribution < -0.4 is 10.6 Å². The van der Waals surface area contributed by atoms with Gasteiger partial charge < -0.3 is 10.6 Å². The molecule has 1 aromatic carbocycles. The lowest BCUT2D eigenvalue weighted by Crippen LogP contribution is -2.49. The Labute approximate surface area is 183 Å². The Hall–Kier alpha value is -3.49. The topological polar surface area (TPSA) is 79.8 Å². The van der Waals surface area contributed by atoms with Crippen LogP contribution in [0.3, 0.4) is 0 Å². The fourth-order valence-corrected chi connectivity index (χ4v) is 3.94. The van der Waals surface area contributed by atoms with E-state index in [0.29, 0.717) is 17.9 Å². The van der Waals surface area contributed by atoms with Crippen molar-refractivity contribution in [1.29, 1.82) is 0 Å². The van der Waals surface area contributed by atoms with Gasteiger partial charge in [0.15, 0.2) is 0 Å². The molecule has 2 aromatic heterocycles. The minimum absolute atomic E-state index is 0.152. The molecule has 166 valence electrons. The molecule has 0 saturated heterocycles. The van der Waals surface area contributed by atoms with Crippen LogP contribution in [0.15, 0.2) is 48.7 Å². The first-order valence-corrected chi connectivity index (χ1v) is 10.3. The second-order valence-corrected chi connectivity index (χ2v) is 7.83. The molecule has 2 heterocycles. The normalized spacial score (nSPS) is 19.8. The molecule has 6 nitrogen and oxygen atoms in total. The van der Waals surface area contributed by atoms with Crippen LogP contribution in [0.2, 0.25) is 0 Å². The highest BCUT2D eigenvalue weighted by Crippen LogP contribution is 2.45. The third-order valence-corrected chi connectivity index (χ3v) is 5.60. The number of aromatic nitrogens is 3. The number of benzene rings is 1. The van der Waals surface area contributed by atoms with Gasteiger partial charge in [0.25, 0.3) is 5.91 Å². The van der Waals surface area contributed by atoms with Gasteiger partial charge >= 0.3 is 0 Å². The highest BCUT2D eigenvalue weighted by atomic mass is 19.1. The van der Waals surface area contributed by atoms with Crippen molar-refractivity contribution >= 4 is 11.7 Å². The number of rotatable bonds is 7. The van der Waals surface area contributed by atoms with E-state index < -0.39 is 23.2 Å². The van der Waals surface area contributed by atoms with Crippen molar-refractivity contribution < 1.29 is 18.0 Å². The summed E-state index contributed by atoms with van der Waals surface area (Å²) in [5, 5.41) is 13.9. The molecular weight excluding hydrogens is 419 g/mol. The minimum atomic E-state index is -1.01. The predicted molar refractivity (Wildman–Crippen MR) is 114 cm³/mol. The van der Waals surface area contributed by atoms with Crippen molar-refractivity contribution in [1.82, 2.24) is 20.5 Å². The van der Waals surface area contributed by atoms with E-state index >= 15 is 0 Å². The van der Waals surface area contributed by atoms with Crippen LogP contribution in [0, 0.1) is 11.6 Å². The number of nitrogens with one attached hydrogen (secondary N) is 2. The molecule has 0 aliphatic heterocycles. The monoisotopic (exact) mass is 441 g/mol. The molecule has 2 N–H and O–H groups in total. The average molecular weight is 441 g/mol. The molecular formula is C23H22F3N5O. The second kappa shape index (κ2) is 8.94. The number of amides is 1. The van der Waals surface area contributed by atoms with Crippen LogP contribution in [-0.4, -0.2) is 40.3 Å². The minimum Gasteiger partial charge on any atom is -0.368 e. The molecule has 0 spiro atoms. The molecule has 0 atom stereocenters. The van der Waals surface area contributed by atoms with Crippen LogP contribution in [0.1, 0.15) is 35.8 Å². The van der Waals surface area contributed by atoms with E-state index in [4.69, 9.17) is 0 Å². The summed E-state index contributed by atoms with van der Waals surface area (Å²) in [5.41, 5.74) is 0.196. The summed E-state index contributed by atoms with van der Waals surface area (Å²) in [6.45, 7) is 2.48. The number of nitrogens with zero attached hydrogens (tertiary/aromatic N) is 3. The van der Waals surface area contributed by atoms with Crippen molar-refractivity contribution in [2.24, 2.45) is 0 Å². The summed E-state index contributed by atoms with van der Waals surface area (Å²) in [7, 11) is 0. The molecule has 1 aliphatic rings. The smallest absolute Gasteiger partial charge is 0.251 e. The molecule has 4 rings (SSSR count). The molecule has 1 saturated carbocycles. The lowest BCUT2D eigenvalue weighted by atomic mass is 9.65. The van der Waals surface area contributed by atoms with Crippen molar-refractivity contribution in [3.63, 3.8) is 0 Å². The SMILES string of the molecule is CCNC(=O)c1ccc(F)c(-c2ccc(NC[C@]3(c4ncccc4F)C[C@H](F)C3)nn2)c1. The third-order valence-electron chi connectivity index (χ3n) is 5.60. The van der Waals surface area contributed by atoms with Crippen LogP contribution in [0.25, 0.3) is 11.3 Å². The Bertz CT molecular complexity index is 1120. The molecule has 3 aromatic rings. The van der Waals surface area contributed by atoms with Crippen molar-refractivity contribution in [3.05, 3.63) is 71.6 Å². The summed E-state index contributed by atoms with van der Waals surface area (Å²) < 4.78 is 42.3. The quantitative estimate of drug-likeness (QED) is 0.578. The number of carbonyl (C=O) groups excluding carboxylic acids is 1. The number of hydrogen-bond acceptors (Lipinski definition) is 5. The Morgan fingerprint density at radius 1 is 1.12 bits per heavy atom. The van der Waals surface area contributed by atoms with Crippen LogP contribution in [-0.2, 0) is 5.41 Å². The molecule has 1 amide bonds. The van der Waals surface area contributed by atoms with E-state index in [1.807, 2.05) is 0 Å². The van der Waals surface area contributed by atoms with Gasteiger partial charge in [-0.15, -0.1) is 10.2 Å². The Morgan fingerprint density at radius 3 is 2.59 bits per heavy atom. The van der Waals surface area contributed by atoms with Gasteiger partial charge in [0.2, 0.25) is 0 Å². The number of anilines is 1. The highest BCUT2D eigenvalue weighted by Gasteiger charge is 2.48. The van der Waals surface area contributed by atoms with Gasteiger partial charge in [0.1, 0.15) is 23.6 Å². The number of alkyl halides is 1. The number of halogens is 3. The summed E-state index contributed by atoms with van der Waals surface area (Å²) in [6, 6.07) is 10.0. The fourth-order valence-electron chi connectivity index (χ4n) is 3.94. The van der Waals surface area contributed by atoms with Gasteiger partial charge in [-0.05, 0) is 62.2 Å². The predicted octanol–water partition coefficient (Wildman–Crippen LogP) is 4.05. The van der Waals surface area contributed by atoms with E-state index in [0.717, 1.165) is 0 Å². The first-order valence-electron chi connectivity index (χ1n) is 10.3. The van der Waals surface area contributed by atoms with E-state index in [1.165, 1.54) is 36.5 Å². The maximum atomic E-state index is 14.3. The first kappa shape index (κ1) is 21.7. The lowest BCUT2D eigenvalue weighted by Gasteiger charge is -2.44. The van der Waals surface area contributed by atoms with Gasteiger partial charge in [-0.25, -0.2) is 13.2 Å². The lowest BCUT2D eigenvalue weighted by molar-refractivity contribution is 0.0953. The zero-order chi connectivity index (χ0) is 22.7. The summed E-state index contributed by atoms with van der Waals surface area (Å²) in [6.07, 6.45) is 0.810. The van der Waals surface area contributed by atoms with Crippen LogP contribution >= 0.6 is 0 Å². The summed E-state index contributed by atoms with van der Waals surface area (Å²) in [4.78, 5) is 16.2. The van der Waals surface area contributed by atoms with E-state index in [2.05, 4.69) is 25.8 Å². The van der Waals surface area contributed by atoms with E-state index in [-0.39, 0.29) is 42.2 Å². The fraction of sp³-hybridized carbons (Fsp3) is 0.304. The van der Waals surface area contributed by atoms with Crippen molar-refractivity contribution in [2.75, 3.05) is 18.4 Å². The van der Waals surface area contributed by atoms with Gasteiger partial charge in [-0.3, -0.25) is 9.78 Å². The Balaban J connectivity index is 1.51. The molecule has 0 unspecified atom stereocenters. The molecule has 32 heavy (non-hydrogen) atoms. The van der Waals surface area contributed by atoms with Gasteiger partial charge in [-0.2, -0.15) is 0 Å². The first-order chi connectivity index (χ1) is 15.4. The number of hydrogen-bond donors (Lipinski definition) is 2. The highest BCUT2D eigenvalue weighted by molar-refractivity contribution is 5.95. The largest absolute Gasteiger partial charge is 0.368 e. The standard InChI is InChI=1S/C23H22F3N5O/c1-2-27-22(32)14-5-6-17(25)16(10-14)19-7-8-20(31-30-19)29-13-23(11-15(24)12-23)21-18(26)4-3-9-28-21/h3-10,15H,2,11-13H2,1H3,(H,27,32)(H,29,31)/t15-,23-. The Morgan fingerprint density at radius 2 is 1.94 bits per heavy atom. The summed E-state index contributed by atoms with van der Waals surface area (Å²) in [5.74, 6) is -0.919. The van der Waals surface area contributed by atoms with Crippen molar-refractivity contribution in [3.8, 4) is 11.3 Å². The van der Waals surface area contributed by atoms with Gasteiger partial charge in [0.05, 0.1) is 11.4 Å². The van der Waals surface area contributed by atoms with Crippen LogP contribution in [0.4, 0.5) is 19.0 Å². The maximum absolute atomic E-state index is 14.3. The zero-order valence-corrected chi connectivity index (χ0v) is 17.4. The number of carbonyl (C=O) groups is 1. The number of pyridine rings is 1. The zero-order valence-electron chi connectivity index (χ0n) is 17.4. The van der Waals surface area contributed by atoms with Crippen LogP contribution in [0.5, 0.6) is 0 Å². The van der Waals surface area contributed by atoms with E-state index in [1.54, 1.807) is 19.1 Å². The second-order valence-electron chi connectivity index (χ2n) is 7.83. The Kier molecular flexibility index (Phi) is 6.07. The van der Waals surface area contributed by atoms with Gasteiger partial charge in [0, 0.05) is 35.8 Å². The molecule has 1 fully saturated rings. The molecule has 1 aliphatic carbocycles. The average Bonchev–Trinajstić information content (AvgIpc) is 2.77. The maximum Gasteiger partial charge on any atom is 0.251 e. The molecule has 0 radical (unpaired) electrons.